The Balaban J connectivity index is 2.23. The number of hydrogen-bond donors (Lipinski definition) is 0. The Labute approximate surface area is 173 Å². The number of nitrogens with zero attached hydrogens (tertiary/aromatic N) is 2. The number of esters is 2. The average Bonchev–Trinajstić information content (AvgIpc) is 2.75. The molecule has 0 bridgehead atoms. The molecule has 0 spiro atoms. The van der Waals surface area contributed by atoms with Crippen molar-refractivity contribution in [3.63, 3.8) is 0 Å². The predicted molar refractivity (Wildman–Crippen MR) is 112 cm³/mol. The molecule has 2 aromatic rings. The zero-order valence-corrected chi connectivity index (χ0v) is 16.8. The van der Waals surface area contributed by atoms with Crippen molar-refractivity contribution in [3.05, 3.63) is 58.5 Å². The van der Waals surface area contributed by atoms with E-state index in [0.29, 0.717) is 11.0 Å². The van der Waals surface area contributed by atoms with Gasteiger partial charge in [-0.1, -0.05) is 6.58 Å². The van der Waals surface area contributed by atoms with E-state index in [1.807, 2.05) is 26.0 Å². The summed E-state index contributed by atoms with van der Waals surface area (Å²) in [7, 11) is 0. The van der Waals surface area contributed by atoms with Crippen molar-refractivity contribution in [2.45, 2.75) is 13.8 Å². The van der Waals surface area contributed by atoms with Gasteiger partial charge >= 0.3 is 17.6 Å². The molecule has 30 heavy (non-hydrogen) atoms. The molecule has 0 aliphatic carbocycles. The van der Waals surface area contributed by atoms with Crippen molar-refractivity contribution in [3.8, 4) is 6.07 Å². The van der Waals surface area contributed by atoms with Gasteiger partial charge in [-0.3, -0.25) is 0 Å². The van der Waals surface area contributed by atoms with Crippen molar-refractivity contribution in [1.82, 2.24) is 0 Å². The van der Waals surface area contributed by atoms with Crippen LogP contribution in [0.2, 0.25) is 0 Å². The van der Waals surface area contributed by atoms with Gasteiger partial charge in [-0.05, 0) is 38.1 Å². The summed E-state index contributed by atoms with van der Waals surface area (Å²) in [5.74, 6) is -1.59. The smallest absolute Gasteiger partial charge is 0.349 e. The van der Waals surface area contributed by atoms with Crippen LogP contribution < -0.4 is 10.5 Å². The van der Waals surface area contributed by atoms with Gasteiger partial charge in [-0.2, -0.15) is 5.26 Å². The third-order valence-corrected chi connectivity index (χ3v) is 4.24. The summed E-state index contributed by atoms with van der Waals surface area (Å²) >= 11 is 0. The highest BCUT2D eigenvalue weighted by Crippen LogP contribution is 2.22. The minimum Gasteiger partial charge on any atom is -0.459 e. The van der Waals surface area contributed by atoms with Gasteiger partial charge in [0.15, 0.2) is 0 Å². The lowest BCUT2D eigenvalue weighted by Crippen LogP contribution is -2.21. The van der Waals surface area contributed by atoms with E-state index < -0.39 is 17.6 Å². The monoisotopic (exact) mass is 410 g/mol. The number of carbonyl (C=O) groups is 2. The fourth-order valence-electron chi connectivity index (χ4n) is 2.71. The second kappa shape index (κ2) is 10.6. The van der Waals surface area contributed by atoms with Crippen LogP contribution >= 0.6 is 0 Å². The van der Waals surface area contributed by atoms with Crippen LogP contribution in [-0.2, 0) is 19.1 Å². The standard InChI is InChI=1S/C22H22N2O6/c1-4-20(25)28-9-10-29-21(26)17(14-23)12-16-11-15-7-8-18(24(5-2)6-3)13-19(15)30-22(16)27/h4,7-8,11-13H,1,5-6,9-10H2,2-3H3/b17-12+. The number of benzene rings is 1. The molecule has 0 aliphatic heterocycles. The first-order valence-corrected chi connectivity index (χ1v) is 9.34. The molecule has 0 saturated carbocycles. The quantitative estimate of drug-likeness (QED) is 0.204. The van der Waals surface area contributed by atoms with Crippen LogP contribution in [-0.4, -0.2) is 38.2 Å². The van der Waals surface area contributed by atoms with Gasteiger partial charge in [-0.15, -0.1) is 0 Å². The van der Waals surface area contributed by atoms with Gasteiger partial charge in [0.2, 0.25) is 0 Å². The Bertz CT molecular complexity index is 1070. The highest BCUT2D eigenvalue weighted by molar-refractivity contribution is 5.98. The van der Waals surface area contributed by atoms with Gasteiger partial charge in [0.1, 0.15) is 30.4 Å². The molecule has 1 aromatic carbocycles. The number of anilines is 1. The first-order valence-electron chi connectivity index (χ1n) is 9.34. The number of rotatable bonds is 9. The topological polar surface area (TPSA) is 110 Å². The first-order chi connectivity index (χ1) is 14.4. The molecular formula is C22H22N2O6. The van der Waals surface area contributed by atoms with Crippen molar-refractivity contribution in [1.29, 1.82) is 5.26 Å². The highest BCUT2D eigenvalue weighted by atomic mass is 16.6. The second-order valence-electron chi connectivity index (χ2n) is 6.06. The molecule has 1 heterocycles. The van der Waals surface area contributed by atoms with Gasteiger partial charge in [0.25, 0.3) is 0 Å². The molecule has 0 aliphatic rings. The number of fused-ring (bicyclic) bond motifs is 1. The molecule has 0 unspecified atom stereocenters. The third kappa shape index (κ3) is 5.58. The average molecular weight is 410 g/mol. The highest BCUT2D eigenvalue weighted by Gasteiger charge is 2.14. The maximum atomic E-state index is 12.3. The molecule has 0 fully saturated rings. The van der Waals surface area contributed by atoms with E-state index in [2.05, 4.69) is 16.2 Å². The van der Waals surface area contributed by atoms with Crippen LogP contribution in [0.3, 0.4) is 0 Å². The van der Waals surface area contributed by atoms with Gasteiger partial charge in [0.05, 0.1) is 5.56 Å². The van der Waals surface area contributed by atoms with Crippen LogP contribution in [0, 0.1) is 11.3 Å². The number of ether oxygens (including phenoxy) is 2. The van der Waals surface area contributed by atoms with Crippen LogP contribution in [0.25, 0.3) is 17.0 Å². The van der Waals surface area contributed by atoms with Gasteiger partial charge < -0.3 is 18.8 Å². The molecule has 0 atom stereocenters. The molecule has 8 nitrogen and oxygen atoms in total. The van der Waals surface area contributed by atoms with E-state index >= 15 is 0 Å². The van der Waals surface area contributed by atoms with E-state index in [9.17, 15) is 19.6 Å². The Hall–Kier alpha value is -3.86. The lowest BCUT2D eigenvalue weighted by Gasteiger charge is -2.20. The summed E-state index contributed by atoms with van der Waals surface area (Å²) in [6.07, 6.45) is 2.09. The zero-order valence-electron chi connectivity index (χ0n) is 16.8. The largest absolute Gasteiger partial charge is 0.459 e. The summed E-state index contributed by atoms with van der Waals surface area (Å²) in [6.45, 7) is 8.51. The van der Waals surface area contributed by atoms with Gasteiger partial charge in [0, 0.05) is 36.3 Å². The first kappa shape index (κ1) is 22.4. The normalized spacial score (nSPS) is 10.9. The van der Waals surface area contributed by atoms with Crippen molar-refractivity contribution in [2.24, 2.45) is 0 Å². The summed E-state index contributed by atoms with van der Waals surface area (Å²) < 4.78 is 14.9. The minimum atomic E-state index is -0.941. The predicted octanol–water partition coefficient (Wildman–Crippen LogP) is 2.82. The number of nitriles is 1. The van der Waals surface area contributed by atoms with E-state index in [1.165, 1.54) is 0 Å². The molecule has 8 heteroatoms. The molecule has 1 aromatic heterocycles. The van der Waals surface area contributed by atoms with E-state index in [4.69, 9.17) is 9.15 Å². The summed E-state index contributed by atoms with van der Waals surface area (Å²) in [5.41, 5.74) is 0.324. The third-order valence-electron chi connectivity index (χ3n) is 4.24. The second-order valence-corrected chi connectivity index (χ2v) is 6.06. The van der Waals surface area contributed by atoms with Crippen molar-refractivity contribution >= 4 is 34.7 Å². The van der Waals surface area contributed by atoms with Crippen LogP contribution in [0.5, 0.6) is 0 Å². The molecule has 156 valence electrons. The number of carbonyl (C=O) groups excluding carboxylic acids is 2. The lowest BCUT2D eigenvalue weighted by atomic mass is 10.1. The maximum absolute atomic E-state index is 12.3. The number of hydrogen-bond acceptors (Lipinski definition) is 8. The molecule has 2 rings (SSSR count). The zero-order chi connectivity index (χ0) is 22.1. The lowest BCUT2D eigenvalue weighted by molar-refractivity contribution is -0.146. The van der Waals surface area contributed by atoms with E-state index in [-0.39, 0.29) is 24.4 Å². The SMILES string of the molecule is C=CC(=O)OCCOC(=O)/C(C#N)=C/c1cc2ccc(N(CC)CC)cc2oc1=O. The van der Waals surface area contributed by atoms with Crippen molar-refractivity contribution in [2.75, 3.05) is 31.2 Å². The van der Waals surface area contributed by atoms with Crippen LogP contribution in [0.4, 0.5) is 5.69 Å². The summed E-state index contributed by atoms with van der Waals surface area (Å²) in [6, 6.07) is 8.74. The molecule has 0 radical (unpaired) electrons. The van der Waals surface area contributed by atoms with E-state index in [0.717, 1.165) is 30.9 Å². The molecule has 0 amide bonds. The van der Waals surface area contributed by atoms with E-state index in [1.54, 1.807) is 18.2 Å². The fourth-order valence-corrected chi connectivity index (χ4v) is 2.71. The Morgan fingerprint density at radius 3 is 2.53 bits per heavy atom. The Morgan fingerprint density at radius 2 is 1.90 bits per heavy atom. The maximum Gasteiger partial charge on any atom is 0.349 e. The van der Waals surface area contributed by atoms with Crippen LogP contribution in [0.1, 0.15) is 19.4 Å². The Kier molecular flexibility index (Phi) is 7.94. The molecule has 0 saturated heterocycles. The summed E-state index contributed by atoms with van der Waals surface area (Å²) in [4.78, 5) is 37.4. The van der Waals surface area contributed by atoms with Gasteiger partial charge in [-0.25, -0.2) is 14.4 Å². The minimum absolute atomic E-state index is 0.0460. The summed E-state index contributed by atoms with van der Waals surface area (Å²) in [5, 5.41) is 9.89. The Morgan fingerprint density at radius 1 is 1.20 bits per heavy atom. The fraction of sp³-hybridized carbons (Fsp3) is 0.273. The molecular weight excluding hydrogens is 388 g/mol. The molecule has 0 N–H and O–H groups in total. The van der Waals surface area contributed by atoms with Crippen LogP contribution in [0.15, 0.2) is 51.7 Å². The van der Waals surface area contributed by atoms with Crippen molar-refractivity contribution < 1.29 is 23.5 Å².